The lowest BCUT2D eigenvalue weighted by atomic mass is 9.79. The topological polar surface area (TPSA) is 68.2 Å². The standard InChI is InChI=1S/C16H28N4/c1-20(2)16(8-5-3-4-6-9-16)14(17)11-13-7-10-19-15(18)12-13/h7,10,12,14H,3-6,8-9,11,17H2,1-2H3,(H2,18,19). The molecule has 4 nitrogen and oxygen atoms in total. The third-order valence-electron chi connectivity index (χ3n) is 4.85. The molecular formula is C16H28N4. The molecule has 1 fully saturated rings. The van der Waals surface area contributed by atoms with E-state index in [1.165, 1.54) is 44.1 Å². The summed E-state index contributed by atoms with van der Waals surface area (Å²) in [6.07, 6.45) is 10.3. The molecule has 1 heterocycles. The summed E-state index contributed by atoms with van der Waals surface area (Å²) >= 11 is 0. The van der Waals surface area contributed by atoms with Crippen molar-refractivity contribution < 1.29 is 0 Å². The zero-order valence-corrected chi connectivity index (χ0v) is 12.8. The number of likely N-dealkylation sites (N-methyl/N-ethyl adjacent to an activating group) is 1. The molecule has 0 amide bonds. The first-order valence-corrected chi connectivity index (χ1v) is 7.68. The molecule has 112 valence electrons. The summed E-state index contributed by atoms with van der Waals surface area (Å²) < 4.78 is 0. The van der Waals surface area contributed by atoms with Crippen LogP contribution in [-0.2, 0) is 6.42 Å². The SMILES string of the molecule is CN(C)C1(C(N)Cc2ccnc(N)c2)CCCCCC1. The highest BCUT2D eigenvalue weighted by molar-refractivity contribution is 5.32. The quantitative estimate of drug-likeness (QED) is 0.827. The highest BCUT2D eigenvalue weighted by Crippen LogP contribution is 2.34. The predicted molar refractivity (Wildman–Crippen MR) is 84.4 cm³/mol. The second kappa shape index (κ2) is 6.55. The number of nitrogens with two attached hydrogens (primary N) is 2. The van der Waals surface area contributed by atoms with E-state index in [1.807, 2.05) is 12.1 Å². The molecule has 0 bridgehead atoms. The van der Waals surface area contributed by atoms with Crippen LogP contribution in [0, 0.1) is 0 Å². The van der Waals surface area contributed by atoms with Crippen molar-refractivity contribution in [2.24, 2.45) is 5.73 Å². The van der Waals surface area contributed by atoms with E-state index in [4.69, 9.17) is 11.5 Å². The summed E-state index contributed by atoms with van der Waals surface area (Å²) in [4.78, 5) is 6.41. The minimum atomic E-state index is 0.120. The fourth-order valence-electron chi connectivity index (χ4n) is 3.56. The lowest BCUT2D eigenvalue weighted by Gasteiger charge is -2.44. The van der Waals surface area contributed by atoms with Gasteiger partial charge in [-0.25, -0.2) is 4.98 Å². The minimum Gasteiger partial charge on any atom is -0.384 e. The molecule has 20 heavy (non-hydrogen) atoms. The fourth-order valence-corrected chi connectivity index (χ4v) is 3.56. The van der Waals surface area contributed by atoms with Crippen molar-refractivity contribution in [2.75, 3.05) is 19.8 Å². The highest BCUT2D eigenvalue weighted by Gasteiger charge is 2.38. The summed E-state index contributed by atoms with van der Waals surface area (Å²) in [6.45, 7) is 0. The molecule has 0 aromatic carbocycles. The van der Waals surface area contributed by atoms with E-state index >= 15 is 0 Å². The smallest absolute Gasteiger partial charge is 0.123 e. The second-order valence-corrected chi connectivity index (χ2v) is 6.31. The average molecular weight is 276 g/mol. The van der Waals surface area contributed by atoms with Crippen molar-refractivity contribution >= 4 is 5.82 Å². The highest BCUT2D eigenvalue weighted by atomic mass is 15.2. The van der Waals surface area contributed by atoms with Crippen molar-refractivity contribution in [3.05, 3.63) is 23.9 Å². The number of nitrogen functional groups attached to an aromatic ring is 1. The molecule has 0 radical (unpaired) electrons. The molecule has 0 aliphatic heterocycles. The molecule has 1 unspecified atom stereocenters. The van der Waals surface area contributed by atoms with Crippen molar-refractivity contribution in [3.63, 3.8) is 0 Å². The monoisotopic (exact) mass is 276 g/mol. The Morgan fingerprint density at radius 2 is 1.90 bits per heavy atom. The van der Waals surface area contributed by atoms with Gasteiger partial charge < -0.3 is 16.4 Å². The van der Waals surface area contributed by atoms with Gasteiger partial charge in [-0.1, -0.05) is 25.7 Å². The van der Waals surface area contributed by atoms with Gasteiger partial charge in [0.05, 0.1) is 0 Å². The Hall–Kier alpha value is -1.13. The van der Waals surface area contributed by atoms with Gasteiger partial charge in [-0.2, -0.15) is 0 Å². The van der Waals surface area contributed by atoms with E-state index < -0.39 is 0 Å². The van der Waals surface area contributed by atoms with Crippen LogP contribution in [-0.4, -0.2) is 35.6 Å². The summed E-state index contributed by atoms with van der Waals surface area (Å²) in [5, 5.41) is 0. The van der Waals surface area contributed by atoms with Crippen LogP contribution in [0.4, 0.5) is 5.82 Å². The van der Waals surface area contributed by atoms with Gasteiger partial charge in [-0.3, -0.25) is 0 Å². The van der Waals surface area contributed by atoms with Gasteiger partial charge in [0.25, 0.3) is 0 Å². The van der Waals surface area contributed by atoms with Crippen LogP contribution >= 0.6 is 0 Å². The first-order chi connectivity index (χ1) is 9.54. The molecule has 1 saturated carbocycles. The Morgan fingerprint density at radius 1 is 1.25 bits per heavy atom. The van der Waals surface area contributed by atoms with Gasteiger partial charge in [-0.15, -0.1) is 0 Å². The van der Waals surface area contributed by atoms with Crippen LogP contribution < -0.4 is 11.5 Å². The number of aromatic nitrogens is 1. The molecule has 4 N–H and O–H groups in total. The van der Waals surface area contributed by atoms with E-state index in [1.54, 1.807) is 6.20 Å². The maximum atomic E-state index is 6.63. The molecular weight excluding hydrogens is 248 g/mol. The molecule has 1 aromatic heterocycles. The Morgan fingerprint density at radius 3 is 2.45 bits per heavy atom. The van der Waals surface area contributed by atoms with Crippen molar-refractivity contribution in [3.8, 4) is 0 Å². The van der Waals surface area contributed by atoms with Gasteiger partial charge in [0.15, 0.2) is 0 Å². The number of anilines is 1. The number of pyridine rings is 1. The third-order valence-corrected chi connectivity index (χ3v) is 4.85. The Balaban J connectivity index is 2.16. The molecule has 0 saturated heterocycles. The third kappa shape index (κ3) is 3.30. The second-order valence-electron chi connectivity index (χ2n) is 6.31. The number of hydrogen-bond acceptors (Lipinski definition) is 4. The average Bonchev–Trinajstić information content (AvgIpc) is 2.65. The van der Waals surface area contributed by atoms with Crippen molar-refractivity contribution in [2.45, 2.75) is 56.5 Å². The molecule has 0 spiro atoms. The minimum absolute atomic E-state index is 0.120. The van der Waals surface area contributed by atoms with Crippen LogP contribution in [0.5, 0.6) is 0 Å². The van der Waals surface area contributed by atoms with Gasteiger partial charge in [0, 0.05) is 17.8 Å². The predicted octanol–water partition coefficient (Wildman–Crippen LogP) is 2.19. The maximum absolute atomic E-state index is 6.63. The van der Waals surface area contributed by atoms with Crippen LogP contribution in [0.3, 0.4) is 0 Å². The van der Waals surface area contributed by atoms with E-state index in [-0.39, 0.29) is 11.6 Å². The molecule has 2 rings (SSSR count). The lowest BCUT2D eigenvalue weighted by Crippen LogP contribution is -2.58. The zero-order valence-electron chi connectivity index (χ0n) is 12.8. The number of rotatable bonds is 4. The van der Waals surface area contributed by atoms with Crippen molar-refractivity contribution in [1.29, 1.82) is 0 Å². The summed E-state index contributed by atoms with van der Waals surface area (Å²) in [5.74, 6) is 0.578. The molecule has 1 atom stereocenters. The van der Waals surface area contributed by atoms with Gasteiger partial charge in [0.2, 0.25) is 0 Å². The van der Waals surface area contributed by atoms with Crippen LogP contribution in [0.1, 0.15) is 44.1 Å². The molecule has 1 aromatic rings. The van der Waals surface area contributed by atoms with Gasteiger partial charge >= 0.3 is 0 Å². The molecule has 4 heteroatoms. The Bertz CT molecular complexity index is 422. The van der Waals surface area contributed by atoms with Crippen LogP contribution in [0.15, 0.2) is 18.3 Å². The summed E-state index contributed by atoms with van der Waals surface area (Å²) in [6, 6.07) is 4.10. The lowest BCUT2D eigenvalue weighted by molar-refractivity contribution is 0.0968. The largest absolute Gasteiger partial charge is 0.384 e. The normalized spacial score (nSPS) is 20.6. The van der Waals surface area contributed by atoms with Gasteiger partial charge in [0.1, 0.15) is 5.82 Å². The van der Waals surface area contributed by atoms with Gasteiger partial charge in [-0.05, 0) is 51.1 Å². The first-order valence-electron chi connectivity index (χ1n) is 7.68. The molecule has 1 aliphatic rings. The summed E-state index contributed by atoms with van der Waals surface area (Å²) in [7, 11) is 4.35. The fraction of sp³-hybridized carbons (Fsp3) is 0.688. The maximum Gasteiger partial charge on any atom is 0.123 e. The van der Waals surface area contributed by atoms with E-state index in [9.17, 15) is 0 Å². The Labute approximate surface area is 122 Å². The van der Waals surface area contributed by atoms with Crippen LogP contribution in [0.25, 0.3) is 0 Å². The van der Waals surface area contributed by atoms with Crippen LogP contribution in [0.2, 0.25) is 0 Å². The Kier molecular flexibility index (Phi) is 5.00. The molecule has 1 aliphatic carbocycles. The van der Waals surface area contributed by atoms with E-state index in [2.05, 4.69) is 24.0 Å². The van der Waals surface area contributed by atoms with E-state index in [0.717, 1.165) is 6.42 Å². The van der Waals surface area contributed by atoms with Crippen molar-refractivity contribution in [1.82, 2.24) is 9.88 Å². The number of nitrogens with zero attached hydrogens (tertiary/aromatic N) is 2. The summed E-state index contributed by atoms with van der Waals surface area (Å²) in [5.41, 5.74) is 13.7. The van der Waals surface area contributed by atoms with E-state index in [0.29, 0.717) is 5.82 Å². The zero-order chi connectivity index (χ0) is 14.6. The number of hydrogen-bond donors (Lipinski definition) is 2. The first kappa shape index (κ1) is 15.3.